The fraction of sp³-hybridized carbons (Fsp3) is 0. The predicted molar refractivity (Wildman–Crippen MR) is 57.0 cm³/mol. The van der Waals surface area contributed by atoms with Crippen LogP contribution in [0.5, 0.6) is 0 Å². The van der Waals surface area contributed by atoms with Crippen LogP contribution in [0.4, 0.5) is 0 Å². The van der Waals surface area contributed by atoms with Crippen molar-refractivity contribution < 1.29 is 29.6 Å². The molecule has 0 bridgehead atoms. The molecule has 0 unspecified atom stereocenters. The standard InChI is InChI=1S/C12H10S.Na/c1-3-7-11(8-4-1)13-12-9-5-2-6-10-12;/h1-10H;/q;+1. The molecule has 0 aliphatic carbocycles. The van der Waals surface area contributed by atoms with Gasteiger partial charge in [0.05, 0.1) is 0 Å². The fourth-order valence-electron chi connectivity index (χ4n) is 1.11. The van der Waals surface area contributed by atoms with E-state index in [-0.39, 0.29) is 29.6 Å². The first-order valence-corrected chi connectivity index (χ1v) is 5.05. The number of benzene rings is 2. The van der Waals surface area contributed by atoms with E-state index in [0.717, 1.165) is 0 Å². The molecule has 2 rings (SSSR count). The Labute approximate surface area is 111 Å². The van der Waals surface area contributed by atoms with Crippen LogP contribution in [0.3, 0.4) is 0 Å². The molecule has 2 aromatic carbocycles. The summed E-state index contributed by atoms with van der Waals surface area (Å²) in [5, 5.41) is 0. The quantitative estimate of drug-likeness (QED) is 0.661. The van der Waals surface area contributed by atoms with Crippen molar-refractivity contribution in [1.82, 2.24) is 0 Å². The number of hydrogen-bond donors (Lipinski definition) is 0. The monoisotopic (exact) mass is 209 g/mol. The first-order valence-electron chi connectivity index (χ1n) is 4.23. The van der Waals surface area contributed by atoms with Gasteiger partial charge < -0.3 is 0 Å². The summed E-state index contributed by atoms with van der Waals surface area (Å²) in [6.07, 6.45) is 0. The Kier molecular flexibility index (Phi) is 5.34. The molecule has 0 N–H and O–H groups in total. The van der Waals surface area contributed by atoms with Crippen LogP contribution >= 0.6 is 11.8 Å². The van der Waals surface area contributed by atoms with Crippen molar-refractivity contribution in [2.75, 3.05) is 0 Å². The van der Waals surface area contributed by atoms with Gasteiger partial charge in [-0.05, 0) is 24.3 Å². The van der Waals surface area contributed by atoms with Crippen LogP contribution in [-0.2, 0) is 0 Å². The topological polar surface area (TPSA) is 0 Å². The van der Waals surface area contributed by atoms with Crippen LogP contribution in [-0.4, -0.2) is 0 Å². The van der Waals surface area contributed by atoms with Gasteiger partial charge in [0, 0.05) is 9.79 Å². The molecule has 0 nitrogen and oxygen atoms in total. The predicted octanol–water partition coefficient (Wildman–Crippen LogP) is 0.842. The van der Waals surface area contributed by atoms with E-state index in [9.17, 15) is 0 Å². The Bertz CT molecular complexity index is 321. The van der Waals surface area contributed by atoms with Gasteiger partial charge in [-0.15, -0.1) is 0 Å². The maximum absolute atomic E-state index is 2.12. The Hall–Kier alpha value is -0.210. The van der Waals surface area contributed by atoms with E-state index in [1.54, 1.807) is 11.8 Å². The van der Waals surface area contributed by atoms with Gasteiger partial charge in [0.15, 0.2) is 0 Å². The van der Waals surface area contributed by atoms with Gasteiger partial charge in [0.1, 0.15) is 0 Å². The molecule has 0 aliphatic heterocycles. The maximum atomic E-state index is 2.12. The van der Waals surface area contributed by atoms with Crippen molar-refractivity contribution in [3.63, 3.8) is 0 Å². The maximum Gasteiger partial charge on any atom is 1.00 e. The first-order chi connectivity index (χ1) is 6.45. The molecule has 0 heterocycles. The molecule has 0 amide bonds. The minimum atomic E-state index is 0. The Balaban J connectivity index is 0.000000980. The SMILES string of the molecule is [Na+].c1ccc(Sc2ccccc2)cc1. The fourth-order valence-corrected chi connectivity index (χ4v) is 1.97. The zero-order valence-electron chi connectivity index (χ0n) is 8.18. The number of hydrogen-bond acceptors (Lipinski definition) is 1. The summed E-state index contributed by atoms with van der Waals surface area (Å²) in [6.45, 7) is 0. The summed E-state index contributed by atoms with van der Waals surface area (Å²) < 4.78 is 0. The summed E-state index contributed by atoms with van der Waals surface area (Å²) >= 11 is 1.79. The molecule has 2 heteroatoms. The molecule has 0 radical (unpaired) electrons. The van der Waals surface area contributed by atoms with Gasteiger partial charge in [0.2, 0.25) is 0 Å². The second kappa shape index (κ2) is 6.31. The molecule has 0 saturated heterocycles. The smallest absolute Gasteiger partial charge is 0.0901 e. The van der Waals surface area contributed by atoms with Gasteiger partial charge >= 0.3 is 29.6 Å². The third kappa shape index (κ3) is 3.50. The van der Waals surface area contributed by atoms with Crippen LogP contribution < -0.4 is 29.6 Å². The summed E-state index contributed by atoms with van der Waals surface area (Å²) in [7, 11) is 0. The van der Waals surface area contributed by atoms with Crippen molar-refractivity contribution in [2.24, 2.45) is 0 Å². The molecule has 14 heavy (non-hydrogen) atoms. The largest absolute Gasteiger partial charge is 1.00 e. The third-order valence-electron chi connectivity index (χ3n) is 1.72. The van der Waals surface area contributed by atoms with Crippen molar-refractivity contribution in [3.8, 4) is 0 Å². The number of rotatable bonds is 2. The second-order valence-corrected chi connectivity index (χ2v) is 3.88. The van der Waals surface area contributed by atoms with Crippen LogP contribution in [0.1, 0.15) is 0 Å². The van der Waals surface area contributed by atoms with E-state index in [4.69, 9.17) is 0 Å². The zero-order chi connectivity index (χ0) is 8.93. The van der Waals surface area contributed by atoms with Gasteiger partial charge in [0.25, 0.3) is 0 Å². The van der Waals surface area contributed by atoms with Crippen LogP contribution in [0.15, 0.2) is 70.5 Å². The minimum absolute atomic E-state index is 0. The minimum Gasteiger partial charge on any atom is -0.0901 e. The first kappa shape index (κ1) is 11.9. The molecule has 0 fully saturated rings. The molecule has 0 spiro atoms. The van der Waals surface area contributed by atoms with Gasteiger partial charge in [-0.1, -0.05) is 48.2 Å². The van der Waals surface area contributed by atoms with E-state index in [0.29, 0.717) is 0 Å². The second-order valence-electron chi connectivity index (χ2n) is 2.73. The zero-order valence-corrected chi connectivity index (χ0v) is 11.0. The molecular weight excluding hydrogens is 199 g/mol. The summed E-state index contributed by atoms with van der Waals surface area (Å²) in [4.78, 5) is 2.57. The van der Waals surface area contributed by atoms with E-state index in [1.807, 2.05) is 12.1 Å². The molecule has 0 aliphatic rings. The van der Waals surface area contributed by atoms with E-state index >= 15 is 0 Å². The van der Waals surface area contributed by atoms with Crippen molar-refractivity contribution in [3.05, 3.63) is 60.7 Å². The van der Waals surface area contributed by atoms with E-state index < -0.39 is 0 Å². The molecule has 0 saturated carbocycles. The summed E-state index contributed by atoms with van der Waals surface area (Å²) in [5.74, 6) is 0. The van der Waals surface area contributed by atoms with Gasteiger partial charge in [-0.3, -0.25) is 0 Å². The van der Waals surface area contributed by atoms with Crippen LogP contribution in [0.25, 0.3) is 0 Å². The van der Waals surface area contributed by atoms with E-state index in [2.05, 4.69) is 48.5 Å². The molecule has 64 valence electrons. The Morgan fingerprint density at radius 3 is 1.29 bits per heavy atom. The van der Waals surface area contributed by atoms with Crippen LogP contribution in [0, 0.1) is 0 Å². The Morgan fingerprint density at radius 2 is 0.929 bits per heavy atom. The van der Waals surface area contributed by atoms with E-state index in [1.165, 1.54) is 9.79 Å². The summed E-state index contributed by atoms with van der Waals surface area (Å²) in [6, 6.07) is 20.8. The van der Waals surface area contributed by atoms with Crippen LogP contribution in [0.2, 0.25) is 0 Å². The van der Waals surface area contributed by atoms with Crippen molar-refractivity contribution in [2.45, 2.75) is 9.79 Å². The van der Waals surface area contributed by atoms with Gasteiger partial charge in [-0.2, -0.15) is 0 Å². The third-order valence-corrected chi connectivity index (χ3v) is 2.74. The average Bonchev–Trinajstić information content (AvgIpc) is 2.21. The van der Waals surface area contributed by atoms with Gasteiger partial charge in [-0.25, -0.2) is 0 Å². The molecule has 2 aromatic rings. The van der Waals surface area contributed by atoms with Crippen molar-refractivity contribution in [1.29, 1.82) is 0 Å². The average molecular weight is 209 g/mol. The Morgan fingerprint density at radius 1 is 0.571 bits per heavy atom. The normalized spacial score (nSPS) is 9.14. The molecular formula is C12H10NaS+. The summed E-state index contributed by atoms with van der Waals surface area (Å²) in [5.41, 5.74) is 0. The molecule has 0 atom stereocenters. The van der Waals surface area contributed by atoms with Crippen molar-refractivity contribution >= 4 is 11.8 Å². The molecule has 0 aromatic heterocycles.